The molecule has 24 heavy (non-hydrogen) atoms. The standard InChI is InChI=1S/C18H25N3O2S/c1-12(2)10-21-14(4)13(3)19-18(21)24-11-17(22)20-15-8-6-7-9-16(15)23-5/h6-9,12H,10-11H2,1-5H3,(H,20,22). The van der Waals surface area contributed by atoms with Crippen LogP contribution in [0.15, 0.2) is 29.4 Å². The van der Waals surface area contributed by atoms with Gasteiger partial charge in [-0.15, -0.1) is 0 Å². The predicted molar refractivity (Wildman–Crippen MR) is 98.9 cm³/mol. The first-order chi connectivity index (χ1) is 11.4. The molecule has 6 heteroatoms. The lowest BCUT2D eigenvalue weighted by atomic mass is 10.2. The summed E-state index contributed by atoms with van der Waals surface area (Å²) in [7, 11) is 1.59. The third kappa shape index (κ3) is 4.54. The highest BCUT2D eigenvalue weighted by Gasteiger charge is 2.15. The Hall–Kier alpha value is -1.95. The predicted octanol–water partition coefficient (Wildman–Crippen LogP) is 3.90. The zero-order valence-electron chi connectivity index (χ0n) is 14.9. The molecule has 0 spiro atoms. The number of aromatic nitrogens is 2. The number of thioether (sulfide) groups is 1. The Labute approximate surface area is 147 Å². The maximum absolute atomic E-state index is 12.3. The lowest BCUT2D eigenvalue weighted by Crippen LogP contribution is -2.15. The molecule has 0 atom stereocenters. The molecular formula is C18H25N3O2S. The molecule has 0 saturated heterocycles. The van der Waals surface area contributed by atoms with Crippen molar-refractivity contribution in [1.29, 1.82) is 0 Å². The van der Waals surface area contributed by atoms with Crippen LogP contribution >= 0.6 is 11.8 Å². The monoisotopic (exact) mass is 347 g/mol. The van der Waals surface area contributed by atoms with Gasteiger partial charge >= 0.3 is 0 Å². The summed E-state index contributed by atoms with van der Waals surface area (Å²) in [5, 5.41) is 3.79. The van der Waals surface area contributed by atoms with Crippen LogP contribution in [0, 0.1) is 19.8 Å². The lowest BCUT2D eigenvalue weighted by molar-refractivity contribution is -0.113. The summed E-state index contributed by atoms with van der Waals surface area (Å²) in [5.74, 6) is 1.42. The van der Waals surface area contributed by atoms with Gasteiger partial charge in [-0.3, -0.25) is 4.79 Å². The van der Waals surface area contributed by atoms with Crippen LogP contribution in [0.3, 0.4) is 0 Å². The Morgan fingerprint density at radius 2 is 2.04 bits per heavy atom. The van der Waals surface area contributed by atoms with E-state index in [-0.39, 0.29) is 5.91 Å². The van der Waals surface area contributed by atoms with Crippen molar-refractivity contribution in [1.82, 2.24) is 9.55 Å². The SMILES string of the molecule is COc1ccccc1NC(=O)CSc1nc(C)c(C)n1CC(C)C. The Kier molecular flexibility index (Phi) is 6.31. The molecule has 0 aliphatic heterocycles. The van der Waals surface area contributed by atoms with E-state index < -0.39 is 0 Å². The number of aryl methyl sites for hydroxylation is 1. The number of carbonyl (C=O) groups excluding carboxylic acids is 1. The second-order valence-electron chi connectivity index (χ2n) is 6.11. The van der Waals surface area contributed by atoms with Gasteiger partial charge in [0.1, 0.15) is 5.75 Å². The highest BCUT2D eigenvalue weighted by molar-refractivity contribution is 7.99. The van der Waals surface area contributed by atoms with Crippen LogP contribution < -0.4 is 10.1 Å². The number of hydrogen-bond acceptors (Lipinski definition) is 4. The van der Waals surface area contributed by atoms with Crippen LogP contribution in [0.2, 0.25) is 0 Å². The van der Waals surface area contributed by atoms with Gasteiger partial charge in [0.25, 0.3) is 0 Å². The average Bonchev–Trinajstić information content (AvgIpc) is 2.81. The molecule has 0 bridgehead atoms. The van der Waals surface area contributed by atoms with Crippen LogP contribution in [0.5, 0.6) is 5.75 Å². The quantitative estimate of drug-likeness (QED) is 0.772. The van der Waals surface area contributed by atoms with E-state index in [0.717, 1.165) is 23.1 Å². The number of imidazole rings is 1. The van der Waals surface area contributed by atoms with E-state index in [0.29, 0.717) is 23.1 Å². The summed E-state index contributed by atoms with van der Waals surface area (Å²) >= 11 is 1.46. The summed E-state index contributed by atoms with van der Waals surface area (Å²) in [6.07, 6.45) is 0. The van der Waals surface area contributed by atoms with Crippen LogP contribution in [0.1, 0.15) is 25.2 Å². The molecule has 130 valence electrons. The zero-order valence-corrected chi connectivity index (χ0v) is 15.7. The smallest absolute Gasteiger partial charge is 0.234 e. The van der Waals surface area contributed by atoms with Crippen LogP contribution in [0.25, 0.3) is 0 Å². The van der Waals surface area contributed by atoms with Gasteiger partial charge in [-0.2, -0.15) is 0 Å². The molecule has 5 nitrogen and oxygen atoms in total. The second-order valence-corrected chi connectivity index (χ2v) is 7.05. The third-order valence-electron chi connectivity index (χ3n) is 3.68. The maximum atomic E-state index is 12.3. The Balaban J connectivity index is 2.03. The minimum Gasteiger partial charge on any atom is -0.495 e. The lowest BCUT2D eigenvalue weighted by Gasteiger charge is -2.12. The second kappa shape index (κ2) is 8.24. The van der Waals surface area contributed by atoms with Crippen LogP contribution in [-0.4, -0.2) is 28.3 Å². The summed E-state index contributed by atoms with van der Waals surface area (Å²) in [6, 6.07) is 7.39. The van der Waals surface area contributed by atoms with E-state index in [1.165, 1.54) is 11.8 Å². The first-order valence-electron chi connectivity index (χ1n) is 8.01. The summed E-state index contributed by atoms with van der Waals surface area (Å²) < 4.78 is 7.45. The molecule has 0 aliphatic rings. The van der Waals surface area contributed by atoms with Gasteiger partial charge in [0.15, 0.2) is 5.16 Å². The van der Waals surface area contributed by atoms with Gasteiger partial charge in [0.2, 0.25) is 5.91 Å². The van der Waals surface area contributed by atoms with Gasteiger partial charge in [0.05, 0.1) is 24.2 Å². The van der Waals surface area contributed by atoms with Crippen molar-refractivity contribution in [3.63, 3.8) is 0 Å². The molecular weight excluding hydrogens is 322 g/mol. The van der Waals surface area contributed by atoms with Gasteiger partial charge in [-0.05, 0) is 31.9 Å². The number of ether oxygens (including phenoxy) is 1. The number of nitrogens with zero attached hydrogens (tertiary/aromatic N) is 2. The van der Waals surface area contributed by atoms with Gasteiger partial charge in [-0.1, -0.05) is 37.7 Å². The third-order valence-corrected chi connectivity index (χ3v) is 4.66. The number of anilines is 1. The van der Waals surface area contributed by atoms with E-state index >= 15 is 0 Å². The normalized spacial score (nSPS) is 10.9. The maximum Gasteiger partial charge on any atom is 0.234 e. The largest absolute Gasteiger partial charge is 0.495 e. The molecule has 1 amide bonds. The number of rotatable bonds is 7. The number of carbonyl (C=O) groups is 1. The molecule has 1 heterocycles. The van der Waals surface area contributed by atoms with Crippen molar-refractivity contribution < 1.29 is 9.53 Å². The van der Waals surface area contributed by atoms with E-state index in [2.05, 4.69) is 35.6 Å². The number of nitrogens with one attached hydrogen (secondary N) is 1. The molecule has 0 radical (unpaired) electrons. The van der Waals surface area contributed by atoms with Crippen molar-refractivity contribution in [3.8, 4) is 5.75 Å². The highest BCUT2D eigenvalue weighted by Crippen LogP contribution is 2.25. The fourth-order valence-corrected chi connectivity index (χ4v) is 3.28. The topological polar surface area (TPSA) is 56.1 Å². The summed E-state index contributed by atoms with van der Waals surface area (Å²) in [5.41, 5.74) is 2.86. The van der Waals surface area contributed by atoms with Crippen molar-refractivity contribution >= 4 is 23.4 Å². The molecule has 2 aromatic rings. The molecule has 2 rings (SSSR count). The average molecular weight is 347 g/mol. The Morgan fingerprint density at radius 1 is 1.33 bits per heavy atom. The van der Waals surface area contributed by atoms with Crippen LogP contribution in [-0.2, 0) is 11.3 Å². The first-order valence-corrected chi connectivity index (χ1v) is 9.00. The van der Waals surface area contributed by atoms with Crippen molar-refractivity contribution in [2.45, 2.75) is 39.4 Å². The van der Waals surface area contributed by atoms with E-state index in [9.17, 15) is 4.79 Å². The van der Waals surface area contributed by atoms with Crippen LogP contribution in [0.4, 0.5) is 5.69 Å². The number of amides is 1. The number of benzene rings is 1. The fourth-order valence-electron chi connectivity index (χ4n) is 2.38. The number of hydrogen-bond donors (Lipinski definition) is 1. The molecule has 1 N–H and O–H groups in total. The minimum absolute atomic E-state index is 0.0705. The van der Waals surface area contributed by atoms with Crippen molar-refractivity contribution in [2.75, 3.05) is 18.2 Å². The Morgan fingerprint density at radius 3 is 2.71 bits per heavy atom. The molecule has 1 aromatic heterocycles. The molecule has 1 aromatic carbocycles. The highest BCUT2D eigenvalue weighted by atomic mass is 32.2. The molecule has 0 unspecified atom stereocenters. The van der Waals surface area contributed by atoms with Crippen molar-refractivity contribution in [3.05, 3.63) is 35.7 Å². The van der Waals surface area contributed by atoms with E-state index in [1.807, 2.05) is 31.2 Å². The van der Waals surface area contributed by atoms with Crippen molar-refractivity contribution in [2.24, 2.45) is 5.92 Å². The molecule has 0 saturated carbocycles. The van der Waals surface area contributed by atoms with E-state index in [4.69, 9.17) is 4.74 Å². The van der Waals surface area contributed by atoms with Gasteiger partial charge < -0.3 is 14.6 Å². The summed E-state index contributed by atoms with van der Waals surface area (Å²) in [4.78, 5) is 16.9. The number of para-hydroxylation sites is 2. The van der Waals surface area contributed by atoms with Gasteiger partial charge in [-0.25, -0.2) is 4.98 Å². The first kappa shape index (κ1) is 18.4. The van der Waals surface area contributed by atoms with E-state index in [1.54, 1.807) is 7.11 Å². The molecule has 0 aliphatic carbocycles. The zero-order chi connectivity index (χ0) is 17.7. The Bertz CT molecular complexity index is 710. The van der Waals surface area contributed by atoms with Gasteiger partial charge in [0, 0.05) is 12.2 Å². The number of methoxy groups -OCH3 is 1. The molecule has 0 fully saturated rings. The summed E-state index contributed by atoms with van der Waals surface area (Å²) in [6.45, 7) is 9.34. The minimum atomic E-state index is -0.0705. The fraction of sp³-hybridized carbons (Fsp3) is 0.444.